The van der Waals surface area contributed by atoms with E-state index in [0.717, 1.165) is 33.4 Å². The van der Waals surface area contributed by atoms with Crippen LogP contribution in [-0.4, -0.2) is 9.97 Å². The molecule has 2 aromatic carbocycles. The highest BCUT2D eigenvalue weighted by molar-refractivity contribution is 5.89. The second-order valence-corrected chi connectivity index (χ2v) is 5.66. The Morgan fingerprint density at radius 1 is 0.696 bits per heavy atom. The summed E-state index contributed by atoms with van der Waals surface area (Å²) in [7, 11) is 0. The van der Waals surface area contributed by atoms with E-state index in [9.17, 15) is 0 Å². The largest absolute Gasteiger partial charge is 0.255 e. The fraction of sp³-hybridized carbons (Fsp3) is 0.0476. The van der Waals surface area contributed by atoms with Gasteiger partial charge in [-0.25, -0.2) is 4.98 Å². The number of benzene rings is 2. The van der Waals surface area contributed by atoms with Crippen LogP contribution in [0.3, 0.4) is 0 Å². The average molecular weight is 296 g/mol. The normalized spacial score (nSPS) is 10.8. The summed E-state index contributed by atoms with van der Waals surface area (Å²) in [5.41, 5.74) is 7.48. The van der Waals surface area contributed by atoms with Gasteiger partial charge in [0.2, 0.25) is 0 Å². The molecule has 110 valence electrons. The summed E-state index contributed by atoms with van der Waals surface area (Å²) in [6.45, 7) is 2.10. The van der Waals surface area contributed by atoms with Gasteiger partial charge in [-0.3, -0.25) is 4.98 Å². The molecule has 0 radical (unpaired) electrons. The van der Waals surface area contributed by atoms with Gasteiger partial charge in [0.15, 0.2) is 0 Å². The van der Waals surface area contributed by atoms with Crippen molar-refractivity contribution < 1.29 is 0 Å². The first kappa shape index (κ1) is 13.6. The Morgan fingerprint density at radius 3 is 2.26 bits per heavy atom. The lowest BCUT2D eigenvalue weighted by atomic mass is 9.98. The minimum absolute atomic E-state index is 0.919. The van der Waals surface area contributed by atoms with Crippen LogP contribution in [-0.2, 0) is 0 Å². The molecule has 0 saturated heterocycles. The number of aryl methyl sites for hydroxylation is 1. The Labute approximate surface area is 135 Å². The van der Waals surface area contributed by atoms with Crippen LogP contribution in [0.5, 0.6) is 0 Å². The Morgan fingerprint density at radius 2 is 1.48 bits per heavy atom. The molecule has 23 heavy (non-hydrogen) atoms. The molecular formula is C21H16N2. The second kappa shape index (κ2) is 5.65. The lowest BCUT2D eigenvalue weighted by Gasteiger charge is -2.11. The van der Waals surface area contributed by atoms with E-state index >= 15 is 0 Å². The van der Waals surface area contributed by atoms with Gasteiger partial charge in [0.25, 0.3) is 0 Å². The summed E-state index contributed by atoms with van der Waals surface area (Å²) < 4.78 is 0. The maximum absolute atomic E-state index is 4.89. The number of hydrogen-bond donors (Lipinski definition) is 0. The van der Waals surface area contributed by atoms with E-state index in [0.29, 0.717) is 0 Å². The summed E-state index contributed by atoms with van der Waals surface area (Å²) in [5, 5.41) is 0. The number of nitrogens with zero attached hydrogens (tertiary/aromatic N) is 2. The third-order valence-corrected chi connectivity index (χ3v) is 3.99. The van der Waals surface area contributed by atoms with Gasteiger partial charge < -0.3 is 0 Å². The molecular weight excluding hydrogens is 280 g/mol. The minimum Gasteiger partial charge on any atom is -0.255 e. The lowest BCUT2D eigenvalue weighted by Crippen LogP contribution is -1.92. The maximum atomic E-state index is 4.89. The van der Waals surface area contributed by atoms with Gasteiger partial charge in [0.05, 0.1) is 16.7 Å². The highest BCUT2D eigenvalue weighted by atomic mass is 14.8. The first-order chi connectivity index (χ1) is 11.3. The average Bonchev–Trinajstić information content (AvgIpc) is 2.62. The molecule has 2 heterocycles. The fourth-order valence-electron chi connectivity index (χ4n) is 2.77. The number of hydrogen-bond acceptors (Lipinski definition) is 2. The van der Waals surface area contributed by atoms with Gasteiger partial charge >= 0.3 is 0 Å². The summed E-state index contributed by atoms with van der Waals surface area (Å²) in [4.78, 5) is 9.34. The van der Waals surface area contributed by atoms with E-state index in [1.165, 1.54) is 5.56 Å². The van der Waals surface area contributed by atoms with Gasteiger partial charge in [-0.05, 0) is 30.7 Å². The fourth-order valence-corrected chi connectivity index (χ4v) is 2.77. The van der Waals surface area contributed by atoms with E-state index in [4.69, 9.17) is 4.98 Å². The molecule has 0 fully saturated rings. The van der Waals surface area contributed by atoms with Gasteiger partial charge in [0, 0.05) is 17.3 Å². The predicted molar refractivity (Wildman–Crippen MR) is 95.1 cm³/mol. The van der Waals surface area contributed by atoms with Crippen molar-refractivity contribution in [3.05, 3.63) is 84.6 Å². The first-order valence-electron chi connectivity index (χ1n) is 7.69. The van der Waals surface area contributed by atoms with Crippen molar-refractivity contribution in [2.75, 3.05) is 0 Å². The number of rotatable bonds is 2. The van der Waals surface area contributed by atoms with E-state index in [-0.39, 0.29) is 0 Å². The van der Waals surface area contributed by atoms with Crippen LogP contribution >= 0.6 is 0 Å². The molecule has 0 unspecified atom stereocenters. The van der Waals surface area contributed by atoms with Crippen molar-refractivity contribution in [1.29, 1.82) is 0 Å². The van der Waals surface area contributed by atoms with Gasteiger partial charge in [0.1, 0.15) is 0 Å². The molecule has 0 amide bonds. The molecule has 0 spiro atoms. The van der Waals surface area contributed by atoms with E-state index in [1.807, 2.05) is 24.4 Å². The van der Waals surface area contributed by atoms with Crippen molar-refractivity contribution in [2.24, 2.45) is 0 Å². The quantitative estimate of drug-likeness (QED) is 0.503. The molecule has 2 heteroatoms. The molecule has 0 aliphatic rings. The molecule has 0 aliphatic carbocycles. The zero-order valence-corrected chi connectivity index (χ0v) is 12.9. The van der Waals surface area contributed by atoms with Crippen molar-refractivity contribution in [1.82, 2.24) is 9.97 Å². The Bertz CT molecular complexity index is 958. The highest BCUT2D eigenvalue weighted by Crippen LogP contribution is 2.32. The second-order valence-electron chi connectivity index (χ2n) is 5.66. The molecule has 2 nitrogen and oxygen atoms in total. The van der Waals surface area contributed by atoms with Gasteiger partial charge in [-0.15, -0.1) is 0 Å². The lowest BCUT2D eigenvalue weighted by molar-refractivity contribution is 1.33. The zero-order valence-electron chi connectivity index (χ0n) is 12.9. The van der Waals surface area contributed by atoms with Crippen LogP contribution in [0.25, 0.3) is 33.4 Å². The molecule has 0 aliphatic heterocycles. The zero-order chi connectivity index (χ0) is 15.6. The third-order valence-electron chi connectivity index (χ3n) is 3.99. The number of aromatic nitrogens is 2. The summed E-state index contributed by atoms with van der Waals surface area (Å²) in [6, 6.07) is 24.9. The number of fused-ring (bicyclic) bond motifs is 1. The molecule has 2 aromatic heterocycles. The van der Waals surface area contributed by atoms with Crippen molar-refractivity contribution >= 4 is 11.0 Å². The summed E-state index contributed by atoms with van der Waals surface area (Å²) in [5.74, 6) is 0. The standard InChI is InChI=1S/C21H16N2/c1-15-9-11-17(12-10-15)21-18(16-6-3-2-4-7-16)14-20-19(23-21)8-5-13-22-20/h2-14H,1H3. The molecule has 4 rings (SSSR count). The molecule has 4 aromatic rings. The van der Waals surface area contributed by atoms with Crippen LogP contribution in [0, 0.1) is 6.92 Å². The van der Waals surface area contributed by atoms with E-state index in [2.05, 4.69) is 66.5 Å². The van der Waals surface area contributed by atoms with Crippen molar-refractivity contribution in [2.45, 2.75) is 6.92 Å². The van der Waals surface area contributed by atoms with Crippen molar-refractivity contribution in [3.63, 3.8) is 0 Å². The van der Waals surface area contributed by atoms with E-state index in [1.54, 1.807) is 0 Å². The molecule has 0 saturated carbocycles. The van der Waals surface area contributed by atoms with Crippen LogP contribution in [0.2, 0.25) is 0 Å². The van der Waals surface area contributed by atoms with Crippen molar-refractivity contribution in [3.8, 4) is 22.4 Å². The van der Waals surface area contributed by atoms with Gasteiger partial charge in [-0.2, -0.15) is 0 Å². The SMILES string of the molecule is Cc1ccc(-c2nc3cccnc3cc2-c2ccccc2)cc1. The minimum atomic E-state index is 0.919. The molecule has 0 atom stereocenters. The predicted octanol–water partition coefficient (Wildman–Crippen LogP) is 5.27. The third kappa shape index (κ3) is 2.59. The van der Waals surface area contributed by atoms with Crippen LogP contribution in [0.4, 0.5) is 0 Å². The van der Waals surface area contributed by atoms with Gasteiger partial charge in [-0.1, -0.05) is 60.2 Å². The first-order valence-corrected chi connectivity index (χ1v) is 7.69. The Kier molecular flexibility index (Phi) is 3.35. The monoisotopic (exact) mass is 296 g/mol. The Balaban J connectivity index is 2.02. The van der Waals surface area contributed by atoms with Crippen LogP contribution in [0.1, 0.15) is 5.56 Å². The van der Waals surface area contributed by atoms with E-state index < -0.39 is 0 Å². The molecule has 0 bridgehead atoms. The smallest absolute Gasteiger partial charge is 0.0894 e. The molecule has 0 N–H and O–H groups in total. The number of pyridine rings is 2. The highest BCUT2D eigenvalue weighted by Gasteiger charge is 2.11. The van der Waals surface area contributed by atoms with Crippen LogP contribution in [0.15, 0.2) is 79.0 Å². The Hall–Kier alpha value is -3.00. The summed E-state index contributed by atoms with van der Waals surface area (Å²) >= 11 is 0. The topological polar surface area (TPSA) is 25.8 Å². The maximum Gasteiger partial charge on any atom is 0.0894 e. The summed E-state index contributed by atoms with van der Waals surface area (Å²) in [6.07, 6.45) is 1.81. The van der Waals surface area contributed by atoms with Crippen LogP contribution < -0.4 is 0 Å².